The summed E-state index contributed by atoms with van der Waals surface area (Å²) in [6, 6.07) is 17.6. The zero-order chi connectivity index (χ0) is 22.1. The molecule has 0 unspecified atom stereocenters. The number of benzene rings is 3. The zero-order valence-electron chi connectivity index (χ0n) is 17.6. The number of hydrogen-bond acceptors (Lipinski definition) is 4. The number of fused-ring (bicyclic) bond motifs is 1. The van der Waals surface area contributed by atoms with E-state index in [-0.39, 0.29) is 24.0 Å². The highest BCUT2D eigenvalue weighted by Gasteiger charge is 2.37. The van der Waals surface area contributed by atoms with Gasteiger partial charge in [0.25, 0.3) is 17.7 Å². The first-order chi connectivity index (χ1) is 14.8. The lowest BCUT2D eigenvalue weighted by Gasteiger charge is -2.17. The van der Waals surface area contributed by atoms with Crippen molar-refractivity contribution >= 4 is 29.1 Å². The summed E-state index contributed by atoms with van der Waals surface area (Å²) in [5, 5.41) is 2.72. The highest BCUT2D eigenvalue weighted by Crippen LogP contribution is 2.33. The normalized spacial score (nSPS) is 12.7. The van der Waals surface area contributed by atoms with Crippen LogP contribution in [0, 0.1) is 20.8 Å². The van der Waals surface area contributed by atoms with Crippen LogP contribution in [-0.4, -0.2) is 24.3 Å². The SMILES string of the molecule is Cc1cccc(OCC(=O)Nc2ccc3c(c2)C(=O)N(c2cccc(C)c2C)C3=O)c1. The van der Waals surface area contributed by atoms with Crippen LogP contribution in [-0.2, 0) is 4.79 Å². The minimum atomic E-state index is -0.402. The molecular formula is C25H22N2O4. The Morgan fingerprint density at radius 3 is 2.42 bits per heavy atom. The Balaban J connectivity index is 1.50. The molecule has 31 heavy (non-hydrogen) atoms. The van der Waals surface area contributed by atoms with Gasteiger partial charge in [-0.2, -0.15) is 0 Å². The molecule has 0 spiro atoms. The van der Waals surface area contributed by atoms with Crippen molar-refractivity contribution < 1.29 is 19.1 Å². The van der Waals surface area contributed by atoms with Crippen LogP contribution in [0.2, 0.25) is 0 Å². The predicted octanol–water partition coefficient (Wildman–Crippen LogP) is 4.43. The van der Waals surface area contributed by atoms with Crippen LogP contribution in [0.25, 0.3) is 0 Å². The third-order valence-electron chi connectivity index (χ3n) is 5.35. The van der Waals surface area contributed by atoms with E-state index in [1.54, 1.807) is 24.3 Å². The number of aryl methyl sites for hydroxylation is 2. The van der Waals surface area contributed by atoms with Gasteiger partial charge in [0.1, 0.15) is 5.75 Å². The van der Waals surface area contributed by atoms with Gasteiger partial charge in [-0.15, -0.1) is 0 Å². The van der Waals surface area contributed by atoms with Crippen LogP contribution in [0.3, 0.4) is 0 Å². The van der Waals surface area contributed by atoms with Gasteiger partial charge in [0.15, 0.2) is 6.61 Å². The average molecular weight is 414 g/mol. The quantitative estimate of drug-likeness (QED) is 0.627. The first-order valence-electron chi connectivity index (χ1n) is 9.93. The van der Waals surface area contributed by atoms with Gasteiger partial charge in [0.05, 0.1) is 16.8 Å². The van der Waals surface area contributed by atoms with Gasteiger partial charge in [-0.1, -0.05) is 24.3 Å². The molecule has 0 atom stereocenters. The van der Waals surface area contributed by atoms with Crippen molar-refractivity contribution in [2.75, 3.05) is 16.8 Å². The van der Waals surface area contributed by atoms with Crippen LogP contribution in [0.5, 0.6) is 5.75 Å². The molecule has 0 saturated heterocycles. The van der Waals surface area contributed by atoms with Crippen molar-refractivity contribution in [3.8, 4) is 5.75 Å². The molecule has 1 heterocycles. The first kappa shape index (κ1) is 20.3. The summed E-state index contributed by atoms with van der Waals surface area (Å²) in [6.45, 7) is 5.59. The Morgan fingerprint density at radius 1 is 0.903 bits per heavy atom. The van der Waals surface area contributed by atoms with Crippen molar-refractivity contribution in [1.29, 1.82) is 0 Å². The number of hydrogen-bond donors (Lipinski definition) is 1. The lowest BCUT2D eigenvalue weighted by Crippen LogP contribution is -2.30. The lowest BCUT2D eigenvalue weighted by atomic mass is 10.1. The van der Waals surface area contributed by atoms with Gasteiger partial charge in [-0.3, -0.25) is 14.4 Å². The summed E-state index contributed by atoms with van der Waals surface area (Å²) in [5.74, 6) is -0.520. The average Bonchev–Trinajstić information content (AvgIpc) is 2.99. The summed E-state index contributed by atoms with van der Waals surface area (Å²) in [4.78, 5) is 39.4. The van der Waals surface area contributed by atoms with E-state index in [9.17, 15) is 14.4 Å². The van der Waals surface area contributed by atoms with Gasteiger partial charge in [0.2, 0.25) is 0 Å². The molecule has 3 amide bonds. The van der Waals surface area contributed by atoms with E-state index >= 15 is 0 Å². The molecule has 6 heteroatoms. The van der Waals surface area contributed by atoms with E-state index in [0.717, 1.165) is 16.7 Å². The standard InChI is InChI=1S/C25H22N2O4/c1-15-6-4-8-19(12-15)31-14-23(28)26-18-10-11-20-21(13-18)25(30)27(24(20)29)22-9-5-7-16(2)17(22)3/h4-13H,14H2,1-3H3,(H,26,28). The number of carbonyl (C=O) groups is 3. The highest BCUT2D eigenvalue weighted by atomic mass is 16.5. The molecule has 6 nitrogen and oxygen atoms in total. The van der Waals surface area contributed by atoms with Crippen molar-refractivity contribution in [3.63, 3.8) is 0 Å². The molecule has 0 radical (unpaired) electrons. The van der Waals surface area contributed by atoms with E-state index in [0.29, 0.717) is 22.7 Å². The van der Waals surface area contributed by atoms with E-state index in [1.807, 2.05) is 51.1 Å². The second-order valence-corrected chi connectivity index (χ2v) is 7.58. The van der Waals surface area contributed by atoms with Crippen LogP contribution in [0.15, 0.2) is 60.7 Å². The molecule has 0 fully saturated rings. The lowest BCUT2D eigenvalue weighted by molar-refractivity contribution is -0.118. The van der Waals surface area contributed by atoms with Gasteiger partial charge in [-0.25, -0.2) is 4.90 Å². The van der Waals surface area contributed by atoms with E-state index in [2.05, 4.69) is 5.32 Å². The molecule has 3 aromatic carbocycles. The number of rotatable bonds is 5. The molecule has 1 N–H and O–H groups in total. The minimum Gasteiger partial charge on any atom is -0.484 e. The fourth-order valence-electron chi connectivity index (χ4n) is 3.57. The van der Waals surface area contributed by atoms with Gasteiger partial charge in [-0.05, 0) is 73.9 Å². The zero-order valence-corrected chi connectivity index (χ0v) is 17.6. The Hall–Kier alpha value is -3.93. The number of imide groups is 1. The van der Waals surface area contributed by atoms with Crippen molar-refractivity contribution in [3.05, 3.63) is 88.5 Å². The van der Waals surface area contributed by atoms with Gasteiger partial charge >= 0.3 is 0 Å². The maximum absolute atomic E-state index is 13.0. The summed E-state index contributed by atoms with van der Waals surface area (Å²) < 4.78 is 5.51. The number of nitrogens with one attached hydrogen (secondary N) is 1. The first-order valence-corrected chi connectivity index (χ1v) is 9.93. The topological polar surface area (TPSA) is 75.7 Å². The van der Waals surface area contributed by atoms with E-state index < -0.39 is 5.91 Å². The fourth-order valence-corrected chi connectivity index (χ4v) is 3.57. The highest BCUT2D eigenvalue weighted by molar-refractivity contribution is 6.35. The Kier molecular flexibility index (Phi) is 5.29. The summed E-state index contributed by atoms with van der Waals surface area (Å²) in [7, 11) is 0. The third kappa shape index (κ3) is 3.92. The molecule has 4 rings (SSSR count). The van der Waals surface area contributed by atoms with Crippen LogP contribution in [0.4, 0.5) is 11.4 Å². The molecular weight excluding hydrogens is 392 g/mol. The van der Waals surface area contributed by atoms with Crippen molar-refractivity contribution in [2.24, 2.45) is 0 Å². The molecule has 1 aliphatic heterocycles. The summed E-state index contributed by atoms with van der Waals surface area (Å²) >= 11 is 0. The number of amides is 3. The van der Waals surface area contributed by atoms with Crippen LogP contribution >= 0.6 is 0 Å². The molecule has 0 saturated carbocycles. The molecule has 3 aromatic rings. The maximum atomic E-state index is 13.0. The largest absolute Gasteiger partial charge is 0.484 e. The van der Waals surface area contributed by atoms with Crippen molar-refractivity contribution in [2.45, 2.75) is 20.8 Å². The Bertz CT molecular complexity index is 1220. The number of anilines is 2. The fraction of sp³-hybridized carbons (Fsp3) is 0.160. The monoisotopic (exact) mass is 414 g/mol. The number of carbonyl (C=O) groups excluding carboxylic acids is 3. The smallest absolute Gasteiger partial charge is 0.266 e. The second-order valence-electron chi connectivity index (χ2n) is 7.58. The maximum Gasteiger partial charge on any atom is 0.266 e. The molecule has 156 valence electrons. The Morgan fingerprint density at radius 2 is 1.65 bits per heavy atom. The molecule has 1 aliphatic rings. The van der Waals surface area contributed by atoms with E-state index in [4.69, 9.17) is 4.74 Å². The minimum absolute atomic E-state index is 0.165. The van der Waals surface area contributed by atoms with Crippen LogP contribution < -0.4 is 15.0 Å². The summed E-state index contributed by atoms with van der Waals surface area (Å²) in [5.41, 5.74) is 4.50. The molecule has 0 aromatic heterocycles. The molecule has 0 aliphatic carbocycles. The predicted molar refractivity (Wildman–Crippen MR) is 119 cm³/mol. The third-order valence-corrected chi connectivity index (χ3v) is 5.35. The second kappa shape index (κ2) is 8.07. The number of nitrogens with zero attached hydrogens (tertiary/aromatic N) is 1. The summed E-state index contributed by atoms with van der Waals surface area (Å²) in [6.07, 6.45) is 0. The Labute approximate surface area is 180 Å². The van der Waals surface area contributed by atoms with E-state index in [1.165, 1.54) is 11.0 Å². The van der Waals surface area contributed by atoms with Crippen molar-refractivity contribution in [1.82, 2.24) is 0 Å². The van der Waals surface area contributed by atoms with Gasteiger partial charge in [0, 0.05) is 5.69 Å². The van der Waals surface area contributed by atoms with Gasteiger partial charge < -0.3 is 10.1 Å². The van der Waals surface area contributed by atoms with Crippen LogP contribution in [0.1, 0.15) is 37.4 Å². The molecule has 0 bridgehead atoms. The number of ether oxygens (including phenoxy) is 1.